The Bertz CT molecular complexity index is 576. The Labute approximate surface area is 153 Å². The van der Waals surface area contributed by atoms with Crippen molar-refractivity contribution in [3.63, 3.8) is 0 Å². The number of aliphatic imine (C=N–C) groups is 1. The first-order chi connectivity index (χ1) is 12.2. The van der Waals surface area contributed by atoms with Gasteiger partial charge in [-0.1, -0.05) is 12.1 Å². The molecule has 5 nitrogen and oxygen atoms in total. The molecule has 0 bridgehead atoms. The first-order valence-electron chi connectivity index (χ1n) is 8.82. The summed E-state index contributed by atoms with van der Waals surface area (Å²) in [5.41, 5.74) is 0.675. The van der Waals surface area contributed by atoms with Crippen LogP contribution in [0.4, 0.5) is 4.39 Å². The molecule has 0 aliphatic carbocycles. The van der Waals surface area contributed by atoms with Crippen molar-refractivity contribution in [1.29, 1.82) is 0 Å². The highest BCUT2D eigenvalue weighted by molar-refractivity contribution is 8.00. The number of halogens is 1. The number of nitrogens with zero attached hydrogens (tertiary/aromatic N) is 1. The highest BCUT2D eigenvalue weighted by Gasteiger charge is 2.14. The number of benzene rings is 1. The van der Waals surface area contributed by atoms with Gasteiger partial charge in [0.2, 0.25) is 5.91 Å². The summed E-state index contributed by atoms with van der Waals surface area (Å²) in [6.07, 6.45) is 2.71. The van der Waals surface area contributed by atoms with Gasteiger partial charge in [0.05, 0.1) is 13.0 Å². The van der Waals surface area contributed by atoms with Crippen LogP contribution >= 0.6 is 11.8 Å². The van der Waals surface area contributed by atoms with E-state index < -0.39 is 0 Å². The Balaban J connectivity index is 1.66. The van der Waals surface area contributed by atoms with E-state index in [0.29, 0.717) is 23.9 Å². The second kappa shape index (κ2) is 11.0. The lowest BCUT2D eigenvalue weighted by molar-refractivity contribution is -0.120. The molecule has 1 fully saturated rings. The van der Waals surface area contributed by atoms with E-state index in [1.54, 1.807) is 12.1 Å². The smallest absolute Gasteiger partial charge is 0.224 e. The highest BCUT2D eigenvalue weighted by atomic mass is 32.2. The lowest BCUT2D eigenvalue weighted by atomic mass is 10.1. The second-order valence-corrected chi connectivity index (χ2v) is 7.35. The molecular formula is C18H27FN4OS. The van der Waals surface area contributed by atoms with Gasteiger partial charge < -0.3 is 16.0 Å². The van der Waals surface area contributed by atoms with Crippen LogP contribution in [0.2, 0.25) is 0 Å². The maximum Gasteiger partial charge on any atom is 0.224 e. The molecule has 0 aromatic heterocycles. The van der Waals surface area contributed by atoms with E-state index in [9.17, 15) is 9.18 Å². The van der Waals surface area contributed by atoms with Crippen molar-refractivity contribution < 1.29 is 9.18 Å². The van der Waals surface area contributed by atoms with Crippen LogP contribution < -0.4 is 16.0 Å². The van der Waals surface area contributed by atoms with E-state index in [1.165, 1.54) is 30.7 Å². The van der Waals surface area contributed by atoms with Crippen molar-refractivity contribution in [3.8, 4) is 0 Å². The number of amides is 1. The fraction of sp³-hybridized carbons (Fsp3) is 0.556. The molecular weight excluding hydrogens is 339 g/mol. The van der Waals surface area contributed by atoms with Crippen molar-refractivity contribution in [3.05, 3.63) is 35.6 Å². The van der Waals surface area contributed by atoms with Crippen LogP contribution in [0, 0.1) is 5.82 Å². The molecule has 1 aliphatic rings. The van der Waals surface area contributed by atoms with Crippen LogP contribution in [0.5, 0.6) is 0 Å². The van der Waals surface area contributed by atoms with E-state index in [2.05, 4.69) is 20.9 Å². The van der Waals surface area contributed by atoms with E-state index in [1.807, 2.05) is 18.7 Å². The normalized spacial score (nSPS) is 17.4. The third-order valence-electron chi connectivity index (χ3n) is 3.81. The number of carbonyl (C=O) groups excluding carboxylic acids is 1. The first-order valence-corrected chi connectivity index (χ1v) is 9.87. The van der Waals surface area contributed by atoms with Gasteiger partial charge in [-0.3, -0.25) is 9.79 Å². The minimum absolute atomic E-state index is 0.114. The number of rotatable bonds is 8. The Morgan fingerprint density at radius 2 is 2.16 bits per heavy atom. The average molecular weight is 367 g/mol. The summed E-state index contributed by atoms with van der Waals surface area (Å²) in [7, 11) is 0. The summed E-state index contributed by atoms with van der Waals surface area (Å²) in [4.78, 5) is 16.5. The van der Waals surface area contributed by atoms with E-state index in [4.69, 9.17) is 0 Å². The minimum atomic E-state index is -0.320. The molecule has 1 aromatic rings. The lowest BCUT2D eigenvalue weighted by Crippen LogP contribution is -2.42. The summed E-state index contributed by atoms with van der Waals surface area (Å²) in [6, 6.07) is 6.12. The van der Waals surface area contributed by atoms with Gasteiger partial charge in [0, 0.05) is 24.9 Å². The number of nitrogens with one attached hydrogen (secondary N) is 3. The van der Waals surface area contributed by atoms with E-state index in [-0.39, 0.29) is 18.1 Å². The maximum atomic E-state index is 13.1. The largest absolute Gasteiger partial charge is 0.357 e. The summed E-state index contributed by atoms with van der Waals surface area (Å²) in [5, 5.41) is 9.90. The Morgan fingerprint density at radius 3 is 2.88 bits per heavy atom. The molecule has 25 heavy (non-hydrogen) atoms. The fourth-order valence-corrected chi connectivity index (χ4v) is 3.78. The van der Waals surface area contributed by atoms with Gasteiger partial charge in [0.15, 0.2) is 5.96 Å². The zero-order valence-electron chi connectivity index (χ0n) is 14.7. The molecule has 1 saturated heterocycles. The standard InChI is InChI=1S/C18H27FN4OS/c1-2-20-18(23-13-16-7-4-10-25-16)22-9-8-21-17(24)12-14-5-3-6-15(19)11-14/h3,5-6,11,16H,2,4,7-10,12-13H2,1H3,(H,21,24)(H2,20,22,23). The Hall–Kier alpha value is -1.76. The van der Waals surface area contributed by atoms with Gasteiger partial charge in [0.1, 0.15) is 5.82 Å². The van der Waals surface area contributed by atoms with Crippen LogP contribution in [0.1, 0.15) is 25.3 Å². The van der Waals surface area contributed by atoms with Crippen LogP contribution in [0.25, 0.3) is 0 Å². The monoisotopic (exact) mass is 366 g/mol. The summed E-state index contributed by atoms with van der Waals surface area (Å²) >= 11 is 1.99. The number of thioether (sulfide) groups is 1. The number of hydrogen-bond donors (Lipinski definition) is 3. The first kappa shape index (κ1) is 19.6. The molecule has 0 spiro atoms. The van der Waals surface area contributed by atoms with Crippen molar-refractivity contribution in [1.82, 2.24) is 16.0 Å². The molecule has 1 aliphatic heterocycles. The fourth-order valence-electron chi connectivity index (χ4n) is 2.60. The number of hydrogen-bond acceptors (Lipinski definition) is 3. The minimum Gasteiger partial charge on any atom is -0.357 e. The van der Waals surface area contributed by atoms with Gasteiger partial charge >= 0.3 is 0 Å². The molecule has 1 aromatic carbocycles. The van der Waals surface area contributed by atoms with Gasteiger partial charge in [-0.15, -0.1) is 0 Å². The van der Waals surface area contributed by atoms with Crippen molar-refractivity contribution in [2.24, 2.45) is 4.99 Å². The van der Waals surface area contributed by atoms with Gasteiger partial charge in [0.25, 0.3) is 0 Å². The maximum absolute atomic E-state index is 13.1. The highest BCUT2D eigenvalue weighted by Crippen LogP contribution is 2.25. The van der Waals surface area contributed by atoms with Crippen LogP contribution in [-0.4, -0.2) is 49.0 Å². The molecule has 0 saturated carbocycles. The van der Waals surface area contributed by atoms with Crippen LogP contribution in [-0.2, 0) is 11.2 Å². The number of guanidine groups is 1. The molecule has 138 valence electrons. The summed E-state index contributed by atoms with van der Waals surface area (Å²) in [6.45, 7) is 4.75. The molecule has 0 radical (unpaired) electrons. The zero-order chi connectivity index (χ0) is 17.9. The van der Waals surface area contributed by atoms with Crippen LogP contribution in [0.3, 0.4) is 0 Å². The molecule has 2 rings (SSSR count). The van der Waals surface area contributed by atoms with Gasteiger partial charge in [-0.05, 0) is 43.2 Å². The lowest BCUT2D eigenvalue weighted by Gasteiger charge is -2.13. The van der Waals surface area contributed by atoms with Gasteiger partial charge in [-0.2, -0.15) is 11.8 Å². The topological polar surface area (TPSA) is 65.5 Å². The van der Waals surface area contributed by atoms with E-state index >= 15 is 0 Å². The molecule has 7 heteroatoms. The summed E-state index contributed by atoms with van der Waals surface area (Å²) < 4.78 is 13.1. The molecule has 1 amide bonds. The predicted octanol–water partition coefficient (Wildman–Crippen LogP) is 1.94. The Morgan fingerprint density at radius 1 is 1.32 bits per heavy atom. The predicted molar refractivity (Wildman–Crippen MR) is 103 cm³/mol. The van der Waals surface area contributed by atoms with E-state index in [0.717, 1.165) is 19.0 Å². The molecule has 1 atom stereocenters. The SMILES string of the molecule is CCNC(=NCC1CCCS1)NCCNC(=O)Cc1cccc(F)c1. The quantitative estimate of drug-likeness (QED) is 0.374. The van der Waals surface area contributed by atoms with Crippen LogP contribution in [0.15, 0.2) is 29.3 Å². The van der Waals surface area contributed by atoms with Crippen molar-refractivity contribution >= 4 is 23.6 Å². The van der Waals surface area contributed by atoms with Crippen molar-refractivity contribution in [2.75, 3.05) is 31.9 Å². The molecule has 1 heterocycles. The average Bonchev–Trinajstić information content (AvgIpc) is 3.10. The Kier molecular flexibility index (Phi) is 8.59. The van der Waals surface area contributed by atoms with Crippen molar-refractivity contribution in [2.45, 2.75) is 31.4 Å². The molecule has 1 unspecified atom stereocenters. The molecule has 3 N–H and O–H groups in total. The number of carbonyl (C=O) groups is 1. The third-order valence-corrected chi connectivity index (χ3v) is 5.20. The second-order valence-electron chi connectivity index (χ2n) is 5.94. The van der Waals surface area contributed by atoms with Gasteiger partial charge in [-0.25, -0.2) is 4.39 Å². The zero-order valence-corrected chi connectivity index (χ0v) is 15.5. The summed E-state index contributed by atoms with van der Waals surface area (Å²) in [5.74, 6) is 1.59. The third kappa shape index (κ3) is 7.77.